The van der Waals surface area contributed by atoms with Gasteiger partial charge in [0, 0.05) is 23.6 Å². The number of nitrogens with one attached hydrogen (secondary N) is 1. The van der Waals surface area contributed by atoms with Crippen molar-refractivity contribution in [3.8, 4) is 5.75 Å². The van der Waals surface area contributed by atoms with Gasteiger partial charge in [0.2, 0.25) is 11.8 Å². The van der Waals surface area contributed by atoms with Crippen LogP contribution in [-0.2, 0) is 9.59 Å². The number of benzene rings is 4. The third-order valence-corrected chi connectivity index (χ3v) is 8.73. The molecule has 0 aromatic heterocycles. The summed E-state index contributed by atoms with van der Waals surface area (Å²) < 4.78 is 5.27. The summed E-state index contributed by atoms with van der Waals surface area (Å²) >= 11 is 0. The van der Waals surface area contributed by atoms with Gasteiger partial charge in [0.05, 0.1) is 29.7 Å². The van der Waals surface area contributed by atoms with E-state index in [0.717, 1.165) is 22.3 Å². The van der Waals surface area contributed by atoms with Crippen LogP contribution >= 0.6 is 0 Å². The molecule has 0 spiro atoms. The molecular formula is C33H26N2O4. The van der Waals surface area contributed by atoms with Gasteiger partial charge in [-0.05, 0) is 53.4 Å². The number of ether oxygens (including phenoxy) is 1. The number of carbonyl (C=O) groups excluding carboxylic acids is 3. The molecular weight excluding hydrogens is 488 g/mol. The van der Waals surface area contributed by atoms with E-state index >= 15 is 0 Å². The Bertz CT molecular complexity index is 1650. The Labute approximate surface area is 226 Å². The third kappa shape index (κ3) is 3.12. The summed E-state index contributed by atoms with van der Waals surface area (Å²) in [5.41, 5.74) is 4.56. The van der Waals surface area contributed by atoms with Gasteiger partial charge in [-0.15, -0.1) is 0 Å². The van der Waals surface area contributed by atoms with Crippen LogP contribution in [0.15, 0.2) is 97.1 Å². The number of anilines is 2. The number of methoxy groups -OCH3 is 1. The first-order chi connectivity index (χ1) is 18.9. The fourth-order valence-electron chi connectivity index (χ4n) is 7.10. The van der Waals surface area contributed by atoms with Crippen LogP contribution in [0.5, 0.6) is 5.75 Å². The lowest BCUT2D eigenvalue weighted by molar-refractivity contribution is -0.128. The average molecular weight is 515 g/mol. The number of nitrogens with zero attached hydrogens (tertiary/aromatic N) is 1. The highest BCUT2D eigenvalue weighted by molar-refractivity contribution is 6.27. The Morgan fingerprint density at radius 2 is 1.44 bits per heavy atom. The lowest BCUT2D eigenvalue weighted by Gasteiger charge is -2.51. The van der Waals surface area contributed by atoms with Crippen molar-refractivity contribution in [3.63, 3.8) is 0 Å². The van der Waals surface area contributed by atoms with Crippen LogP contribution in [-0.4, -0.2) is 24.8 Å². The second-order valence-electron chi connectivity index (χ2n) is 10.6. The van der Waals surface area contributed by atoms with E-state index in [9.17, 15) is 14.4 Å². The zero-order valence-electron chi connectivity index (χ0n) is 21.5. The highest BCUT2D eigenvalue weighted by atomic mass is 16.5. The van der Waals surface area contributed by atoms with Crippen LogP contribution in [0.1, 0.15) is 51.4 Å². The largest absolute Gasteiger partial charge is 0.497 e. The van der Waals surface area contributed by atoms with E-state index in [1.54, 1.807) is 55.6 Å². The van der Waals surface area contributed by atoms with E-state index in [4.69, 9.17) is 4.74 Å². The Morgan fingerprint density at radius 1 is 0.821 bits per heavy atom. The van der Waals surface area contributed by atoms with Crippen LogP contribution in [0, 0.1) is 11.3 Å². The number of hydrogen-bond donors (Lipinski definition) is 1. The molecule has 4 aromatic rings. The van der Waals surface area contributed by atoms with Gasteiger partial charge < -0.3 is 10.1 Å². The number of hydrogen-bond acceptors (Lipinski definition) is 4. The minimum absolute atomic E-state index is 0.230. The van der Waals surface area contributed by atoms with Crippen LogP contribution < -0.4 is 15.0 Å². The number of carbonyl (C=O) groups is 3. The lowest BCUT2D eigenvalue weighted by atomic mass is 9.48. The molecule has 1 N–H and O–H groups in total. The first-order valence-electron chi connectivity index (χ1n) is 13.1. The predicted molar refractivity (Wildman–Crippen MR) is 148 cm³/mol. The summed E-state index contributed by atoms with van der Waals surface area (Å²) in [6, 6.07) is 30.2. The molecule has 2 bridgehead atoms. The zero-order chi connectivity index (χ0) is 26.9. The van der Waals surface area contributed by atoms with Gasteiger partial charge in [-0.2, -0.15) is 0 Å². The molecule has 2 atom stereocenters. The summed E-state index contributed by atoms with van der Waals surface area (Å²) in [6.45, 7) is 1.93. The van der Waals surface area contributed by atoms with Gasteiger partial charge in [-0.1, -0.05) is 66.7 Å². The molecule has 0 radical (unpaired) electrons. The lowest BCUT2D eigenvalue weighted by Crippen LogP contribution is -2.49. The van der Waals surface area contributed by atoms with Crippen molar-refractivity contribution < 1.29 is 19.1 Å². The number of para-hydroxylation sites is 1. The van der Waals surface area contributed by atoms with Crippen molar-refractivity contribution in [3.05, 3.63) is 125 Å². The number of imide groups is 1. The summed E-state index contributed by atoms with van der Waals surface area (Å²) in [5, 5.41) is 2.89. The summed E-state index contributed by atoms with van der Waals surface area (Å²) in [6.07, 6.45) is 0. The van der Waals surface area contributed by atoms with Gasteiger partial charge in [0.15, 0.2) is 0 Å². The van der Waals surface area contributed by atoms with Crippen LogP contribution in [0.2, 0.25) is 0 Å². The SMILES string of the molecule is COc1cccc(NC(=O)c2ccccc2N2C(=O)[C@H]3C4c5ccccc5C(c5ccccc54)[C@@]3(C)C2=O)c1. The molecule has 3 amide bonds. The first-order valence-corrected chi connectivity index (χ1v) is 13.1. The first kappa shape index (κ1) is 23.4. The summed E-state index contributed by atoms with van der Waals surface area (Å²) in [4.78, 5) is 43.6. The van der Waals surface area contributed by atoms with Gasteiger partial charge >= 0.3 is 0 Å². The van der Waals surface area contributed by atoms with E-state index < -0.39 is 17.2 Å². The topological polar surface area (TPSA) is 75.7 Å². The van der Waals surface area contributed by atoms with Crippen molar-refractivity contribution in [2.75, 3.05) is 17.3 Å². The van der Waals surface area contributed by atoms with E-state index in [-0.39, 0.29) is 29.2 Å². The third-order valence-electron chi connectivity index (χ3n) is 8.73. The zero-order valence-corrected chi connectivity index (χ0v) is 21.5. The highest BCUT2D eigenvalue weighted by Crippen LogP contribution is 2.67. The summed E-state index contributed by atoms with van der Waals surface area (Å²) in [5.74, 6) is -1.37. The second kappa shape index (κ2) is 8.40. The molecule has 1 heterocycles. The van der Waals surface area contributed by atoms with Crippen molar-refractivity contribution in [2.24, 2.45) is 11.3 Å². The van der Waals surface area contributed by atoms with Crippen molar-refractivity contribution >= 4 is 29.1 Å². The molecule has 0 saturated carbocycles. The van der Waals surface area contributed by atoms with Crippen molar-refractivity contribution in [2.45, 2.75) is 18.8 Å². The molecule has 6 nitrogen and oxygen atoms in total. The molecule has 3 aliphatic carbocycles. The van der Waals surface area contributed by atoms with Crippen LogP contribution in [0.25, 0.3) is 0 Å². The predicted octanol–water partition coefficient (Wildman–Crippen LogP) is 5.73. The molecule has 0 unspecified atom stereocenters. The molecule has 4 aliphatic rings. The van der Waals surface area contributed by atoms with Gasteiger partial charge in [0.25, 0.3) is 5.91 Å². The van der Waals surface area contributed by atoms with E-state index in [2.05, 4.69) is 29.6 Å². The summed E-state index contributed by atoms with van der Waals surface area (Å²) in [7, 11) is 1.56. The fourth-order valence-corrected chi connectivity index (χ4v) is 7.10. The Hall–Kier alpha value is -4.71. The smallest absolute Gasteiger partial charge is 0.257 e. The maximum atomic E-state index is 14.5. The monoisotopic (exact) mass is 514 g/mol. The Balaban J connectivity index is 1.33. The highest BCUT2D eigenvalue weighted by Gasteiger charge is 2.69. The Kier molecular flexibility index (Phi) is 5.04. The normalized spacial score (nSPS) is 24.2. The molecule has 8 rings (SSSR count). The molecule has 6 heteroatoms. The standard InChI is InChI=1S/C33H26N2O4/c1-33-28-23-14-5-3-12-21(23)27(22-13-4-6-15-24(22)28)29(33)31(37)35(32(33)38)26-17-8-7-16-25(26)30(36)34-19-10-9-11-20(18-19)39-2/h3-18,27-29H,1-2H3,(H,34,36)/t27?,28?,29-,33-/m1/s1. The quantitative estimate of drug-likeness (QED) is 0.353. The van der Waals surface area contributed by atoms with E-state index in [1.807, 2.05) is 31.2 Å². The maximum Gasteiger partial charge on any atom is 0.257 e. The van der Waals surface area contributed by atoms with Crippen LogP contribution in [0.4, 0.5) is 11.4 Å². The molecule has 39 heavy (non-hydrogen) atoms. The molecule has 192 valence electrons. The van der Waals surface area contributed by atoms with Crippen molar-refractivity contribution in [1.82, 2.24) is 0 Å². The number of rotatable bonds is 4. The van der Waals surface area contributed by atoms with Gasteiger partial charge in [-0.25, -0.2) is 4.90 Å². The minimum Gasteiger partial charge on any atom is -0.497 e. The van der Waals surface area contributed by atoms with E-state index in [0.29, 0.717) is 17.1 Å². The molecule has 1 aliphatic heterocycles. The van der Waals surface area contributed by atoms with Crippen LogP contribution in [0.3, 0.4) is 0 Å². The van der Waals surface area contributed by atoms with Gasteiger partial charge in [-0.3, -0.25) is 14.4 Å². The molecule has 1 saturated heterocycles. The maximum absolute atomic E-state index is 14.5. The second-order valence-corrected chi connectivity index (χ2v) is 10.6. The van der Waals surface area contributed by atoms with E-state index in [1.165, 1.54) is 4.90 Å². The molecule has 1 fully saturated rings. The minimum atomic E-state index is -0.971. The van der Waals surface area contributed by atoms with Crippen molar-refractivity contribution in [1.29, 1.82) is 0 Å². The molecule has 4 aromatic carbocycles. The van der Waals surface area contributed by atoms with Gasteiger partial charge in [0.1, 0.15) is 5.75 Å². The Morgan fingerprint density at radius 3 is 2.10 bits per heavy atom. The number of amides is 3. The average Bonchev–Trinajstić information content (AvgIpc) is 3.18. The fraction of sp³-hybridized carbons (Fsp3) is 0.182.